The normalized spacial score (nSPS) is 15.0. The zero-order valence-electron chi connectivity index (χ0n) is 11.3. The number of nitrogens with one attached hydrogen (secondary N) is 1. The van der Waals surface area contributed by atoms with Gasteiger partial charge in [-0.1, -0.05) is 11.6 Å². The second kappa shape index (κ2) is 6.89. The van der Waals surface area contributed by atoms with Crippen LogP contribution in [0.2, 0.25) is 0 Å². The summed E-state index contributed by atoms with van der Waals surface area (Å²) in [6, 6.07) is 4.12. The molecule has 0 bridgehead atoms. The Hall–Kier alpha value is -0.930. The van der Waals surface area contributed by atoms with E-state index in [1.54, 1.807) is 0 Å². The second-order valence-corrected chi connectivity index (χ2v) is 7.78. The molecule has 5 nitrogen and oxygen atoms in total. The molecule has 0 aliphatic heterocycles. The Morgan fingerprint density at radius 1 is 1.38 bits per heavy atom. The third-order valence-electron chi connectivity index (χ3n) is 3.35. The van der Waals surface area contributed by atoms with Gasteiger partial charge in [0.25, 0.3) is 0 Å². The summed E-state index contributed by atoms with van der Waals surface area (Å²) in [6.45, 7) is 0.336. The number of carboxylic acid groups (broad SMARTS) is 1. The fourth-order valence-electron chi connectivity index (χ4n) is 2.23. The second-order valence-electron chi connectivity index (χ2n) is 4.85. The molecule has 114 valence electrons. The lowest BCUT2D eigenvalue weighted by Gasteiger charge is -2.08. The lowest BCUT2D eigenvalue weighted by molar-refractivity contribution is 0.0695. The van der Waals surface area contributed by atoms with Crippen molar-refractivity contribution in [2.45, 2.75) is 30.6 Å². The molecule has 21 heavy (non-hydrogen) atoms. The number of halogens is 1. The van der Waals surface area contributed by atoms with Crippen LogP contribution in [0.1, 0.15) is 36.0 Å². The van der Waals surface area contributed by atoms with Crippen molar-refractivity contribution in [1.82, 2.24) is 4.72 Å². The molecule has 2 N–H and O–H groups in total. The Balaban J connectivity index is 2.08. The average molecular weight is 421 g/mol. The molecular formula is C14H16INO4S. The van der Waals surface area contributed by atoms with Crippen molar-refractivity contribution in [2.75, 3.05) is 6.54 Å². The smallest absolute Gasteiger partial charge is 0.336 e. The summed E-state index contributed by atoms with van der Waals surface area (Å²) < 4.78 is 27.4. The number of sulfonamides is 1. The van der Waals surface area contributed by atoms with E-state index in [0.717, 1.165) is 19.3 Å². The van der Waals surface area contributed by atoms with Crippen LogP contribution in [0.4, 0.5) is 0 Å². The Bertz CT molecular complexity index is 682. The van der Waals surface area contributed by atoms with E-state index in [-0.39, 0.29) is 10.5 Å². The predicted octanol–water partition coefficient (Wildman–Crippen LogP) is 2.77. The fourth-order valence-corrected chi connectivity index (χ4v) is 3.85. The minimum Gasteiger partial charge on any atom is -0.478 e. The standard InChI is InChI=1S/C14H16INO4S/c15-13-6-5-11(9-12(13)14(17)18)21(19,20)16-8-7-10-3-1-2-4-10/h3,5-6,9,16H,1-2,4,7-8H2,(H,17,18). The highest BCUT2D eigenvalue weighted by Crippen LogP contribution is 2.21. The van der Waals surface area contributed by atoms with E-state index in [1.165, 1.54) is 23.8 Å². The number of hydrogen-bond donors (Lipinski definition) is 2. The maximum absolute atomic E-state index is 12.2. The molecule has 0 radical (unpaired) electrons. The summed E-state index contributed by atoms with van der Waals surface area (Å²) in [5.74, 6) is -1.13. The van der Waals surface area contributed by atoms with Gasteiger partial charge in [-0.05, 0) is 66.5 Å². The number of aromatic carboxylic acids is 1. The number of benzene rings is 1. The molecule has 1 aliphatic rings. The van der Waals surface area contributed by atoms with Gasteiger partial charge < -0.3 is 5.11 Å². The lowest BCUT2D eigenvalue weighted by atomic mass is 10.2. The molecule has 1 aromatic rings. The zero-order chi connectivity index (χ0) is 15.5. The van der Waals surface area contributed by atoms with Crippen LogP contribution in [0.15, 0.2) is 34.7 Å². The van der Waals surface area contributed by atoms with Crippen molar-refractivity contribution in [1.29, 1.82) is 0 Å². The van der Waals surface area contributed by atoms with Crippen molar-refractivity contribution in [3.63, 3.8) is 0 Å². The highest BCUT2D eigenvalue weighted by atomic mass is 127. The Morgan fingerprint density at radius 2 is 2.14 bits per heavy atom. The largest absolute Gasteiger partial charge is 0.478 e. The number of hydrogen-bond acceptors (Lipinski definition) is 3. The van der Waals surface area contributed by atoms with Crippen LogP contribution in [-0.4, -0.2) is 26.0 Å². The summed E-state index contributed by atoms with van der Waals surface area (Å²) in [4.78, 5) is 11.0. The molecule has 1 aromatic carbocycles. The van der Waals surface area contributed by atoms with E-state index >= 15 is 0 Å². The minimum atomic E-state index is -3.67. The molecule has 0 fully saturated rings. The van der Waals surface area contributed by atoms with Crippen LogP contribution in [-0.2, 0) is 10.0 Å². The molecular weight excluding hydrogens is 405 g/mol. The van der Waals surface area contributed by atoms with Crippen LogP contribution in [0.5, 0.6) is 0 Å². The number of carboxylic acids is 1. The van der Waals surface area contributed by atoms with Crippen molar-refractivity contribution in [3.05, 3.63) is 39.0 Å². The first-order chi connectivity index (χ1) is 9.90. The van der Waals surface area contributed by atoms with Gasteiger partial charge in [-0.2, -0.15) is 0 Å². The Labute approximate surface area is 137 Å². The zero-order valence-corrected chi connectivity index (χ0v) is 14.3. The van der Waals surface area contributed by atoms with Gasteiger partial charge in [0, 0.05) is 10.1 Å². The summed E-state index contributed by atoms with van der Waals surface area (Å²) in [7, 11) is -3.67. The van der Waals surface area contributed by atoms with Gasteiger partial charge in [-0.15, -0.1) is 0 Å². The highest BCUT2D eigenvalue weighted by molar-refractivity contribution is 14.1. The number of rotatable bonds is 6. The van der Waals surface area contributed by atoms with Crippen molar-refractivity contribution in [3.8, 4) is 0 Å². The van der Waals surface area contributed by atoms with E-state index in [2.05, 4.69) is 10.8 Å². The van der Waals surface area contributed by atoms with Crippen LogP contribution >= 0.6 is 22.6 Å². The molecule has 0 amide bonds. The van der Waals surface area contributed by atoms with Gasteiger partial charge in [-0.25, -0.2) is 17.9 Å². The molecule has 0 saturated heterocycles. The third-order valence-corrected chi connectivity index (χ3v) is 5.75. The Morgan fingerprint density at radius 3 is 2.76 bits per heavy atom. The van der Waals surface area contributed by atoms with Crippen LogP contribution < -0.4 is 4.72 Å². The number of carbonyl (C=O) groups is 1. The predicted molar refractivity (Wildman–Crippen MR) is 87.9 cm³/mol. The van der Waals surface area contributed by atoms with Crippen molar-refractivity contribution < 1.29 is 18.3 Å². The van der Waals surface area contributed by atoms with Crippen molar-refractivity contribution in [2.24, 2.45) is 0 Å². The topological polar surface area (TPSA) is 83.5 Å². The van der Waals surface area contributed by atoms with E-state index in [9.17, 15) is 13.2 Å². The van der Waals surface area contributed by atoms with E-state index < -0.39 is 16.0 Å². The van der Waals surface area contributed by atoms with Gasteiger partial charge in [0.05, 0.1) is 10.5 Å². The van der Waals surface area contributed by atoms with Gasteiger partial charge in [-0.3, -0.25) is 0 Å². The quantitative estimate of drug-likeness (QED) is 0.547. The summed E-state index contributed by atoms with van der Waals surface area (Å²) in [5, 5.41) is 9.05. The maximum atomic E-state index is 12.2. The summed E-state index contributed by atoms with van der Waals surface area (Å²) in [5.41, 5.74) is 1.28. The molecule has 1 aliphatic carbocycles. The molecule has 0 heterocycles. The first kappa shape index (κ1) is 16.4. The molecule has 2 rings (SSSR count). The van der Waals surface area contributed by atoms with Crippen LogP contribution in [0.3, 0.4) is 0 Å². The van der Waals surface area contributed by atoms with Crippen LogP contribution in [0, 0.1) is 3.57 Å². The maximum Gasteiger partial charge on any atom is 0.336 e. The third kappa shape index (κ3) is 4.27. The molecule has 0 aromatic heterocycles. The summed E-state index contributed by atoms with van der Waals surface area (Å²) in [6.07, 6.45) is 6.11. The molecule has 0 unspecified atom stereocenters. The van der Waals surface area contributed by atoms with Crippen LogP contribution in [0.25, 0.3) is 0 Å². The van der Waals surface area contributed by atoms with Gasteiger partial charge in [0.2, 0.25) is 10.0 Å². The molecule has 0 saturated carbocycles. The number of allylic oxidation sites excluding steroid dienone is 1. The summed E-state index contributed by atoms with van der Waals surface area (Å²) >= 11 is 1.87. The van der Waals surface area contributed by atoms with E-state index in [0.29, 0.717) is 16.5 Å². The molecule has 0 spiro atoms. The first-order valence-corrected chi connectivity index (χ1v) is 9.17. The minimum absolute atomic E-state index is 0.00280. The van der Waals surface area contributed by atoms with Crippen molar-refractivity contribution >= 4 is 38.6 Å². The molecule has 0 atom stereocenters. The van der Waals surface area contributed by atoms with E-state index in [1.807, 2.05) is 22.6 Å². The lowest BCUT2D eigenvalue weighted by Crippen LogP contribution is -2.25. The first-order valence-electron chi connectivity index (χ1n) is 6.60. The van der Waals surface area contributed by atoms with Gasteiger partial charge in [0.1, 0.15) is 0 Å². The highest BCUT2D eigenvalue weighted by Gasteiger charge is 2.18. The average Bonchev–Trinajstić information content (AvgIpc) is 2.91. The monoisotopic (exact) mass is 421 g/mol. The Kier molecular flexibility index (Phi) is 5.39. The molecule has 7 heteroatoms. The van der Waals surface area contributed by atoms with Gasteiger partial charge in [0.15, 0.2) is 0 Å². The fraction of sp³-hybridized carbons (Fsp3) is 0.357. The van der Waals surface area contributed by atoms with Gasteiger partial charge >= 0.3 is 5.97 Å². The van der Waals surface area contributed by atoms with E-state index in [4.69, 9.17) is 5.11 Å². The SMILES string of the molecule is O=C(O)c1cc(S(=O)(=O)NCCC2=CCCC2)ccc1I.